The van der Waals surface area contributed by atoms with Crippen LogP contribution in [0.25, 0.3) is 0 Å². The molecule has 0 aliphatic carbocycles. The molecule has 1 aromatic rings. The van der Waals surface area contributed by atoms with E-state index in [4.69, 9.17) is 9.52 Å². The number of nitrogens with zero attached hydrogens (tertiary/aromatic N) is 2. The Balaban J connectivity index is 2.42. The first-order valence-corrected chi connectivity index (χ1v) is 5.49. The zero-order valence-corrected chi connectivity index (χ0v) is 10.4. The van der Waals surface area contributed by atoms with Gasteiger partial charge < -0.3 is 9.52 Å². The predicted octanol–water partition coefficient (Wildman–Crippen LogP) is 0.194. The number of hydrogen-bond donors (Lipinski definition) is 3. The Morgan fingerprint density at radius 3 is 2.50 bits per heavy atom. The molecule has 8 nitrogen and oxygen atoms in total. The van der Waals surface area contributed by atoms with E-state index in [1.165, 1.54) is 6.92 Å². The summed E-state index contributed by atoms with van der Waals surface area (Å²) in [7, 11) is 0. The van der Waals surface area contributed by atoms with Gasteiger partial charge in [-0.2, -0.15) is 0 Å². The van der Waals surface area contributed by atoms with Gasteiger partial charge in [0.05, 0.1) is 6.54 Å². The predicted molar refractivity (Wildman–Crippen MR) is 62.1 cm³/mol. The lowest BCUT2D eigenvalue weighted by Gasteiger charge is -2.07. The quantitative estimate of drug-likeness (QED) is 0.665. The number of carbonyl (C=O) groups is 2. The van der Waals surface area contributed by atoms with Crippen molar-refractivity contribution in [1.82, 2.24) is 15.5 Å². The first-order valence-electron chi connectivity index (χ1n) is 5.49. The van der Waals surface area contributed by atoms with Crippen LogP contribution in [0.4, 0.5) is 6.01 Å². The van der Waals surface area contributed by atoms with Crippen molar-refractivity contribution >= 4 is 17.9 Å². The van der Waals surface area contributed by atoms with Gasteiger partial charge in [-0.15, -0.1) is 5.10 Å². The van der Waals surface area contributed by atoms with Crippen molar-refractivity contribution in [3.05, 3.63) is 5.89 Å². The summed E-state index contributed by atoms with van der Waals surface area (Å²) in [6.45, 7) is 5.07. The van der Waals surface area contributed by atoms with Crippen LogP contribution in [0.2, 0.25) is 0 Å². The molecule has 0 saturated carbocycles. The molecule has 0 aliphatic heterocycles. The topological polar surface area (TPSA) is 117 Å². The highest BCUT2D eigenvalue weighted by molar-refractivity contribution is 5.90. The van der Waals surface area contributed by atoms with Crippen LogP contribution in [0.15, 0.2) is 4.42 Å². The summed E-state index contributed by atoms with van der Waals surface area (Å²) in [5.41, 5.74) is 0. The second-order valence-electron chi connectivity index (χ2n) is 4.09. The van der Waals surface area contributed by atoms with Crippen molar-refractivity contribution in [2.75, 3.05) is 11.9 Å². The third-order valence-corrected chi connectivity index (χ3v) is 2.12. The maximum atomic E-state index is 11.4. The maximum absolute atomic E-state index is 11.4. The largest absolute Gasteiger partial charge is 0.480 e. The molecule has 1 amide bonds. The molecule has 0 aliphatic rings. The standard InChI is InChI=1S/C10H16N4O4/c1-5(2)8-13-14-10(18-8)12-7(15)4-11-6(3)9(16)17/h5-6,11H,4H2,1-3H3,(H,16,17)(H,12,14,15). The maximum Gasteiger partial charge on any atom is 0.322 e. The lowest BCUT2D eigenvalue weighted by molar-refractivity contribution is -0.139. The average Bonchev–Trinajstić information content (AvgIpc) is 2.74. The number of nitrogens with one attached hydrogen (secondary N) is 2. The van der Waals surface area contributed by atoms with E-state index in [9.17, 15) is 9.59 Å². The lowest BCUT2D eigenvalue weighted by atomic mass is 10.2. The van der Waals surface area contributed by atoms with Crippen LogP contribution >= 0.6 is 0 Å². The number of aliphatic carboxylic acids is 1. The molecular weight excluding hydrogens is 240 g/mol. The van der Waals surface area contributed by atoms with Crippen LogP contribution in [0.5, 0.6) is 0 Å². The molecule has 1 rings (SSSR count). The van der Waals surface area contributed by atoms with Gasteiger partial charge in [0.15, 0.2) is 0 Å². The highest BCUT2D eigenvalue weighted by atomic mass is 16.4. The number of hydrogen-bond acceptors (Lipinski definition) is 6. The summed E-state index contributed by atoms with van der Waals surface area (Å²) < 4.78 is 5.17. The Hall–Kier alpha value is -1.96. The van der Waals surface area contributed by atoms with Gasteiger partial charge in [-0.1, -0.05) is 18.9 Å². The van der Waals surface area contributed by atoms with Crippen molar-refractivity contribution in [2.45, 2.75) is 32.7 Å². The van der Waals surface area contributed by atoms with Gasteiger partial charge in [0, 0.05) is 5.92 Å². The molecule has 0 saturated heterocycles. The van der Waals surface area contributed by atoms with Crippen LogP contribution in [-0.4, -0.2) is 39.8 Å². The average molecular weight is 256 g/mol. The molecule has 0 spiro atoms. The zero-order chi connectivity index (χ0) is 13.7. The second-order valence-corrected chi connectivity index (χ2v) is 4.09. The van der Waals surface area contributed by atoms with E-state index in [0.29, 0.717) is 5.89 Å². The van der Waals surface area contributed by atoms with E-state index in [2.05, 4.69) is 20.8 Å². The third-order valence-electron chi connectivity index (χ3n) is 2.12. The van der Waals surface area contributed by atoms with Crippen LogP contribution in [0.3, 0.4) is 0 Å². The van der Waals surface area contributed by atoms with Crippen molar-refractivity contribution < 1.29 is 19.1 Å². The molecule has 1 aromatic heterocycles. The Morgan fingerprint density at radius 2 is 2.00 bits per heavy atom. The van der Waals surface area contributed by atoms with Gasteiger partial charge in [-0.3, -0.25) is 20.2 Å². The normalized spacial score (nSPS) is 12.4. The van der Waals surface area contributed by atoms with Crippen LogP contribution < -0.4 is 10.6 Å². The molecule has 18 heavy (non-hydrogen) atoms. The lowest BCUT2D eigenvalue weighted by Crippen LogP contribution is -2.39. The fourth-order valence-corrected chi connectivity index (χ4v) is 1.01. The van der Waals surface area contributed by atoms with E-state index in [0.717, 1.165) is 0 Å². The molecule has 0 bridgehead atoms. The van der Waals surface area contributed by atoms with E-state index in [1.54, 1.807) is 0 Å². The number of carboxylic acids is 1. The molecular formula is C10H16N4O4. The Kier molecular flexibility index (Phi) is 4.78. The highest BCUT2D eigenvalue weighted by Gasteiger charge is 2.14. The molecule has 1 heterocycles. The van der Waals surface area contributed by atoms with E-state index in [-0.39, 0.29) is 18.5 Å². The van der Waals surface area contributed by atoms with Gasteiger partial charge in [0.1, 0.15) is 6.04 Å². The molecule has 1 unspecified atom stereocenters. The smallest absolute Gasteiger partial charge is 0.322 e. The monoisotopic (exact) mass is 256 g/mol. The Morgan fingerprint density at radius 1 is 1.33 bits per heavy atom. The summed E-state index contributed by atoms with van der Waals surface area (Å²) in [6.07, 6.45) is 0. The SMILES string of the molecule is CC(NCC(=O)Nc1nnc(C(C)C)o1)C(=O)O. The molecule has 100 valence electrons. The number of carbonyl (C=O) groups excluding carboxylic acids is 1. The molecule has 8 heteroatoms. The minimum Gasteiger partial charge on any atom is -0.480 e. The summed E-state index contributed by atoms with van der Waals surface area (Å²) in [4.78, 5) is 21.9. The van der Waals surface area contributed by atoms with Crippen LogP contribution in [0, 0.1) is 0 Å². The number of carboxylic acid groups (broad SMARTS) is 1. The second kappa shape index (κ2) is 6.10. The van der Waals surface area contributed by atoms with E-state index >= 15 is 0 Å². The first kappa shape index (κ1) is 14.1. The summed E-state index contributed by atoms with van der Waals surface area (Å²) in [6, 6.07) is -0.793. The van der Waals surface area contributed by atoms with Crippen LogP contribution in [-0.2, 0) is 9.59 Å². The van der Waals surface area contributed by atoms with Crippen LogP contribution in [0.1, 0.15) is 32.6 Å². The van der Waals surface area contributed by atoms with Gasteiger partial charge in [-0.05, 0) is 6.92 Å². The van der Waals surface area contributed by atoms with Gasteiger partial charge in [-0.25, -0.2) is 0 Å². The molecule has 0 fully saturated rings. The molecule has 0 radical (unpaired) electrons. The van der Waals surface area contributed by atoms with Crippen molar-refractivity contribution in [1.29, 1.82) is 0 Å². The molecule has 3 N–H and O–H groups in total. The molecule has 0 aromatic carbocycles. The van der Waals surface area contributed by atoms with E-state index in [1.807, 2.05) is 13.8 Å². The number of amides is 1. The number of rotatable bonds is 6. The fraction of sp³-hybridized carbons (Fsp3) is 0.600. The van der Waals surface area contributed by atoms with Crippen molar-refractivity contribution in [3.63, 3.8) is 0 Å². The minimum atomic E-state index is -1.03. The summed E-state index contributed by atoms with van der Waals surface area (Å²) in [5, 5.41) is 20.9. The van der Waals surface area contributed by atoms with Gasteiger partial charge in [0.2, 0.25) is 11.8 Å². The first-order chi connectivity index (χ1) is 8.40. The minimum absolute atomic E-state index is 0.00785. The summed E-state index contributed by atoms with van der Waals surface area (Å²) in [5.74, 6) is -0.963. The molecule has 1 atom stereocenters. The van der Waals surface area contributed by atoms with Gasteiger partial charge >= 0.3 is 12.0 Å². The highest BCUT2D eigenvalue weighted by Crippen LogP contribution is 2.14. The fourth-order valence-electron chi connectivity index (χ4n) is 1.01. The summed E-state index contributed by atoms with van der Waals surface area (Å²) >= 11 is 0. The number of aromatic nitrogens is 2. The number of anilines is 1. The van der Waals surface area contributed by atoms with E-state index < -0.39 is 17.9 Å². The zero-order valence-electron chi connectivity index (χ0n) is 10.4. The van der Waals surface area contributed by atoms with Crippen molar-refractivity contribution in [3.8, 4) is 0 Å². The Bertz CT molecular complexity index is 429. The third kappa shape index (κ3) is 4.13. The van der Waals surface area contributed by atoms with Crippen molar-refractivity contribution in [2.24, 2.45) is 0 Å². The van der Waals surface area contributed by atoms with Gasteiger partial charge in [0.25, 0.3) is 0 Å². The Labute approximate surface area is 104 Å².